The van der Waals surface area contributed by atoms with Crippen LogP contribution in [0.2, 0.25) is 0 Å². The number of benzene rings is 2. The van der Waals surface area contributed by atoms with Crippen LogP contribution >= 0.6 is 11.8 Å². The molecule has 1 heterocycles. The number of carbonyl (C=O) groups is 4. The minimum atomic E-state index is -1.39. The van der Waals surface area contributed by atoms with Gasteiger partial charge < -0.3 is 25.7 Å². The molecule has 1 saturated carbocycles. The van der Waals surface area contributed by atoms with Crippen molar-refractivity contribution in [3.63, 3.8) is 0 Å². The fraction of sp³-hybridized carbons (Fsp3) is 0.448. The molecule has 4 N–H and O–H groups in total. The van der Waals surface area contributed by atoms with Gasteiger partial charge in [-0.3, -0.25) is 9.59 Å². The number of fused-ring (bicyclic) bond motifs is 1. The van der Waals surface area contributed by atoms with Crippen molar-refractivity contribution >= 4 is 41.3 Å². The van der Waals surface area contributed by atoms with Gasteiger partial charge in [-0.25, -0.2) is 9.59 Å². The summed E-state index contributed by atoms with van der Waals surface area (Å²) in [4.78, 5) is 52.6. The zero-order valence-corrected chi connectivity index (χ0v) is 22.6. The van der Waals surface area contributed by atoms with Crippen molar-refractivity contribution in [3.05, 3.63) is 59.7 Å². The van der Waals surface area contributed by atoms with Crippen LogP contribution < -0.4 is 15.5 Å². The molecule has 0 spiro atoms. The maximum absolute atomic E-state index is 13.7. The summed E-state index contributed by atoms with van der Waals surface area (Å²) >= 11 is 1.48. The van der Waals surface area contributed by atoms with Gasteiger partial charge in [-0.05, 0) is 48.6 Å². The Balaban J connectivity index is 1.47. The van der Waals surface area contributed by atoms with Gasteiger partial charge >= 0.3 is 12.1 Å². The number of nitrogens with one attached hydrogen (secondary N) is 2. The molecule has 0 bridgehead atoms. The molecule has 2 atom stereocenters. The molecule has 2 aliphatic rings. The molecular weight excluding hydrogens is 518 g/mol. The van der Waals surface area contributed by atoms with Gasteiger partial charge in [0.25, 0.3) is 0 Å². The number of anilines is 1. The Morgan fingerprint density at radius 1 is 1.03 bits per heavy atom. The van der Waals surface area contributed by atoms with Gasteiger partial charge in [0.1, 0.15) is 12.1 Å². The number of para-hydroxylation sites is 1. The van der Waals surface area contributed by atoms with Gasteiger partial charge in [-0.1, -0.05) is 56.4 Å². The quantitative estimate of drug-likeness (QED) is 0.339. The second kappa shape index (κ2) is 13.5. The first-order chi connectivity index (χ1) is 18.8. The topological polar surface area (TPSA) is 136 Å². The van der Waals surface area contributed by atoms with Gasteiger partial charge in [0.05, 0.1) is 11.3 Å². The van der Waals surface area contributed by atoms with Crippen molar-refractivity contribution in [2.24, 2.45) is 5.92 Å². The summed E-state index contributed by atoms with van der Waals surface area (Å²) in [7, 11) is 0. The number of amides is 3. The standard InChI is InChI=1S/C29H35N3O6S/c33-26(22(31-29(37)38)17-20-10-6-12-21(16-20)28(35)36)30-23-18-39-25-14-5-4-13-24(25)32(27(23)34)15-7-11-19-8-2-1-3-9-19/h4-6,10,12-14,16,19,22-23,31H,1-3,7-9,11,15,17-18H2,(H,30,33)(H,35,36)(H,37,38). The van der Waals surface area contributed by atoms with Crippen LogP contribution in [0.5, 0.6) is 0 Å². The summed E-state index contributed by atoms with van der Waals surface area (Å²) in [5.74, 6) is -0.956. The Morgan fingerprint density at radius 3 is 2.54 bits per heavy atom. The highest BCUT2D eigenvalue weighted by Crippen LogP contribution is 2.35. The number of carbonyl (C=O) groups excluding carboxylic acids is 2. The monoisotopic (exact) mass is 553 g/mol. The molecule has 10 heteroatoms. The van der Waals surface area contributed by atoms with E-state index in [2.05, 4.69) is 10.6 Å². The number of carboxylic acids is 1. The highest BCUT2D eigenvalue weighted by molar-refractivity contribution is 7.99. The SMILES string of the molecule is O=C(O)NC(Cc1cccc(C(=O)O)c1)C(=O)NC1CSc2ccccc2N(CCCC2CCCCC2)C1=O. The number of aromatic carboxylic acids is 1. The Morgan fingerprint density at radius 2 is 1.79 bits per heavy atom. The smallest absolute Gasteiger partial charge is 0.405 e. The van der Waals surface area contributed by atoms with E-state index in [4.69, 9.17) is 0 Å². The number of hydrogen-bond acceptors (Lipinski definition) is 5. The number of carboxylic acid groups (broad SMARTS) is 2. The normalized spacial score (nSPS) is 18.5. The molecule has 3 amide bonds. The fourth-order valence-electron chi connectivity index (χ4n) is 5.40. The highest BCUT2D eigenvalue weighted by Gasteiger charge is 2.33. The third-order valence-corrected chi connectivity index (χ3v) is 8.55. The Labute approximate surface area is 232 Å². The van der Waals surface area contributed by atoms with E-state index in [1.165, 1.54) is 56.0 Å². The van der Waals surface area contributed by atoms with Gasteiger partial charge in [0, 0.05) is 23.6 Å². The Hall–Kier alpha value is -3.53. The van der Waals surface area contributed by atoms with Gasteiger partial charge in [-0.2, -0.15) is 0 Å². The molecule has 0 radical (unpaired) electrons. The molecule has 0 saturated heterocycles. The van der Waals surface area contributed by atoms with Crippen LogP contribution in [0, 0.1) is 5.92 Å². The lowest BCUT2D eigenvalue weighted by Crippen LogP contribution is -2.55. The molecule has 208 valence electrons. The summed E-state index contributed by atoms with van der Waals surface area (Å²) in [5.41, 5.74) is 1.36. The zero-order chi connectivity index (χ0) is 27.8. The second-order valence-electron chi connectivity index (χ2n) is 10.2. The van der Waals surface area contributed by atoms with Crippen LogP contribution in [0.25, 0.3) is 0 Å². The van der Waals surface area contributed by atoms with E-state index in [0.29, 0.717) is 23.8 Å². The van der Waals surface area contributed by atoms with E-state index in [9.17, 15) is 29.4 Å². The summed E-state index contributed by atoms with van der Waals surface area (Å²) in [5, 5.41) is 23.6. The number of hydrogen-bond donors (Lipinski definition) is 4. The molecular formula is C29H35N3O6S. The predicted molar refractivity (Wildman–Crippen MR) is 149 cm³/mol. The van der Waals surface area contributed by atoms with Crippen LogP contribution in [0.4, 0.5) is 10.5 Å². The Kier molecular flexibility index (Phi) is 9.86. The predicted octanol–water partition coefficient (Wildman–Crippen LogP) is 4.55. The van der Waals surface area contributed by atoms with Crippen LogP contribution in [0.15, 0.2) is 53.4 Å². The lowest BCUT2D eigenvalue weighted by Gasteiger charge is -2.28. The van der Waals surface area contributed by atoms with Crippen LogP contribution in [0.3, 0.4) is 0 Å². The van der Waals surface area contributed by atoms with Crippen molar-refractivity contribution in [1.29, 1.82) is 0 Å². The van der Waals surface area contributed by atoms with Crippen molar-refractivity contribution in [2.75, 3.05) is 17.2 Å². The summed E-state index contributed by atoms with van der Waals surface area (Å²) in [6.45, 7) is 0.554. The average Bonchev–Trinajstić information content (AvgIpc) is 3.05. The summed E-state index contributed by atoms with van der Waals surface area (Å²) in [6.07, 6.45) is 6.82. The highest BCUT2D eigenvalue weighted by atomic mass is 32.2. The van der Waals surface area contributed by atoms with E-state index in [0.717, 1.165) is 23.4 Å². The lowest BCUT2D eigenvalue weighted by atomic mass is 9.86. The Bertz CT molecular complexity index is 1200. The maximum Gasteiger partial charge on any atom is 0.405 e. The van der Waals surface area contributed by atoms with Crippen LogP contribution in [-0.2, 0) is 16.0 Å². The van der Waals surface area contributed by atoms with Crippen LogP contribution in [-0.4, -0.2) is 58.5 Å². The first-order valence-corrected chi connectivity index (χ1v) is 14.5. The molecule has 4 rings (SSSR count). The van der Waals surface area contributed by atoms with Crippen LogP contribution in [0.1, 0.15) is 60.9 Å². The minimum Gasteiger partial charge on any atom is -0.478 e. The molecule has 2 aromatic rings. The largest absolute Gasteiger partial charge is 0.478 e. The third kappa shape index (κ3) is 7.75. The summed E-state index contributed by atoms with van der Waals surface area (Å²) < 4.78 is 0. The maximum atomic E-state index is 13.7. The first-order valence-electron chi connectivity index (χ1n) is 13.5. The summed E-state index contributed by atoms with van der Waals surface area (Å²) in [6, 6.07) is 11.7. The zero-order valence-electron chi connectivity index (χ0n) is 21.8. The fourth-order valence-corrected chi connectivity index (χ4v) is 6.47. The van der Waals surface area contributed by atoms with Gasteiger partial charge in [-0.15, -0.1) is 11.8 Å². The van der Waals surface area contributed by atoms with E-state index in [1.807, 2.05) is 24.3 Å². The van der Waals surface area contributed by atoms with Gasteiger partial charge in [0.15, 0.2) is 0 Å². The van der Waals surface area contributed by atoms with Crippen molar-refractivity contribution in [1.82, 2.24) is 10.6 Å². The molecule has 2 unspecified atom stereocenters. The third-order valence-electron chi connectivity index (χ3n) is 7.39. The van der Waals surface area contributed by atoms with E-state index in [-0.39, 0.29) is 17.9 Å². The first kappa shape index (κ1) is 28.5. The number of thioether (sulfide) groups is 1. The molecule has 1 aliphatic carbocycles. The number of rotatable bonds is 10. The molecule has 0 aromatic heterocycles. The van der Waals surface area contributed by atoms with E-state index >= 15 is 0 Å². The lowest BCUT2D eigenvalue weighted by molar-refractivity contribution is -0.128. The number of nitrogens with zero attached hydrogens (tertiary/aromatic N) is 1. The van der Waals surface area contributed by atoms with E-state index in [1.54, 1.807) is 17.0 Å². The van der Waals surface area contributed by atoms with Gasteiger partial charge in [0.2, 0.25) is 11.8 Å². The second-order valence-corrected chi connectivity index (χ2v) is 11.2. The van der Waals surface area contributed by atoms with Crippen molar-refractivity contribution < 1.29 is 29.4 Å². The van der Waals surface area contributed by atoms with Crippen molar-refractivity contribution in [2.45, 2.75) is 68.3 Å². The average molecular weight is 554 g/mol. The molecule has 39 heavy (non-hydrogen) atoms. The van der Waals surface area contributed by atoms with E-state index < -0.39 is 30.1 Å². The van der Waals surface area contributed by atoms with Crippen molar-refractivity contribution in [3.8, 4) is 0 Å². The molecule has 9 nitrogen and oxygen atoms in total. The molecule has 1 fully saturated rings. The molecule has 1 aliphatic heterocycles. The minimum absolute atomic E-state index is 0.0407. The molecule has 2 aromatic carbocycles.